The lowest BCUT2D eigenvalue weighted by Crippen LogP contribution is -2.63. The second-order valence-corrected chi connectivity index (χ2v) is 5.29. The molecule has 0 aliphatic carbocycles. The number of aliphatic imine (C=N–C) groups is 1. The van der Waals surface area contributed by atoms with Gasteiger partial charge in [0, 0.05) is 18.0 Å². The van der Waals surface area contributed by atoms with E-state index < -0.39 is 35.3 Å². The number of hydrogen-bond donors (Lipinski definition) is 2. The first-order valence-electron chi connectivity index (χ1n) is 7.20. The Hall–Kier alpha value is -3.30. The number of amides is 2. The molecule has 1 aliphatic rings. The predicted molar refractivity (Wildman–Crippen MR) is 81.6 cm³/mol. The lowest BCUT2D eigenvalue weighted by atomic mass is 10.1. The highest BCUT2D eigenvalue weighted by Crippen LogP contribution is 2.35. The zero-order valence-corrected chi connectivity index (χ0v) is 12.8. The topological polar surface area (TPSA) is 83.5 Å². The molecule has 2 aromatic rings. The Kier molecular flexibility index (Phi) is 4.18. The smallest absolute Gasteiger partial charge is 0.312 e. The molecule has 0 bridgehead atoms. The van der Waals surface area contributed by atoms with E-state index in [0.717, 1.165) is 12.1 Å². The molecule has 134 valence electrons. The lowest BCUT2D eigenvalue weighted by molar-refractivity contribution is -0.192. The van der Waals surface area contributed by atoms with E-state index in [9.17, 15) is 27.2 Å². The number of hydrogen-bond acceptors (Lipinski definition) is 4. The number of halogens is 4. The van der Waals surface area contributed by atoms with Crippen LogP contribution in [0.3, 0.4) is 0 Å². The van der Waals surface area contributed by atoms with E-state index >= 15 is 0 Å². The average molecular weight is 366 g/mol. The van der Waals surface area contributed by atoms with Crippen LogP contribution in [0.1, 0.15) is 15.9 Å². The number of rotatable bonds is 3. The third-order valence-electron chi connectivity index (χ3n) is 3.62. The summed E-state index contributed by atoms with van der Waals surface area (Å²) in [6, 6.07) is 7.22. The fourth-order valence-corrected chi connectivity index (χ4v) is 2.31. The van der Waals surface area contributed by atoms with Gasteiger partial charge in [-0.25, -0.2) is 9.38 Å². The van der Waals surface area contributed by atoms with Crippen molar-refractivity contribution in [2.24, 2.45) is 4.99 Å². The SMILES string of the molecule is O=C(NC1(C(F)(F)F)N=C(c2ccccc2F)NC1=O)c1ccncc1. The quantitative estimate of drug-likeness (QED) is 0.813. The predicted octanol–water partition coefficient (Wildman–Crippen LogP) is 1.79. The van der Waals surface area contributed by atoms with Crippen molar-refractivity contribution in [1.82, 2.24) is 15.6 Å². The van der Waals surface area contributed by atoms with Crippen LogP contribution in [0.2, 0.25) is 0 Å². The van der Waals surface area contributed by atoms with Gasteiger partial charge in [-0.2, -0.15) is 13.2 Å². The minimum absolute atomic E-state index is 0.147. The van der Waals surface area contributed by atoms with Crippen LogP contribution in [0, 0.1) is 5.82 Å². The lowest BCUT2D eigenvalue weighted by Gasteiger charge is -2.27. The summed E-state index contributed by atoms with van der Waals surface area (Å²) in [5, 5.41) is 3.49. The fourth-order valence-electron chi connectivity index (χ4n) is 2.31. The van der Waals surface area contributed by atoms with E-state index in [-0.39, 0.29) is 11.1 Å². The van der Waals surface area contributed by atoms with Crippen LogP contribution < -0.4 is 10.6 Å². The van der Waals surface area contributed by atoms with Crippen LogP contribution in [-0.2, 0) is 4.79 Å². The summed E-state index contributed by atoms with van der Waals surface area (Å²) in [7, 11) is 0. The van der Waals surface area contributed by atoms with Crippen molar-refractivity contribution >= 4 is 17.6 Å². The summed E-state index contributed by atoms with van der Waals surface area (Å²) in [6.07, 6.45) is -2.84. The van der Waals surface area contributed by atoms with Gasteiger partial charge in [0.15, 0.2) is 0 Å². The average Bonchev–Trinajstić information content (AvgIpc) is 2.93. The van der Waals surface area contributed by atoms with Crippen molar-refractivity contribution < 1.29 is 27.2 Å². The molecule has 1 unspecified atom stereocenters. The summed E-state index contributed by atoms with van der Waals surface area (Å²) in [4.78, 5) is 31.2. The largest absolute Gasteiger partial charge is 0.442 e. The molecule has 1 aromatic heterocycles. The van der Waals surface area contributed by atoms with Crippen LogP contribution in [-0.4, -0.2) is 34.5 Å². The second-order valence-electron chi connectivity index (χ2n) is 5.29. The van der Waals surface area contributed by atoms with Gasteiger partial charge in [-0.15, -0.1) is 0 Å². The number of benzene rings is 1. The summed E-state index contributed by atoms with van der Waals surface area (Å²) in [5.74, 6) is -4.31. The van der Waals surface area contributed by atoms with Crippen molar-refractivity contribution in [2.75, 3.05) is 0 Å². The molecule has 26 heavy (non-hydrogen) atoms. The number of alkyl halides is 3. The van der Waals surface area contributed by atoms with Gasteiger partial charge in [0.2, 0.25) is 0 Å². The maximum atomic E-state index is 13.8. The van der Waals surface area contributed by atoms with E-state index in [0.29, 0.717) is 0 Å². The van der Waals surface area contributed by atoms with Gasteiger partial charge >= 0.3 is 11.8 Å². The number of nitrogens with one attached hydrogen (secondary N) is 2. The molecule has 0 fully saturated rings. The number of amidine groups is 1. The van der Waals surface area contributed by atoms with Gasteiger partial charge in [0.1, 0.15) is 11.7 Å². The van der Waals surface area contributed by atoms with Crippen molar-refractivity contribution in [2.45, 2.75) is 11.8 Å². The normalized spacial score (nSPS) is 19.7. The van der Waals surface area contributed by atoms with Gasteiger partial charge < -0.3 is 10.6 Å². The van der Waals surface area contributed by atoms with E-state index in [4.69, 9.17) is 0 Å². The van der Waals surface area contributed by atoms with Crippen molar-refractivity contribution in [3.63, 3.8) is 0 Å². The van der Waals surface area contributed by atoms with Gasteiger partial charge in [0.25, 0.3) is 11.8 Å². The summed E-state index contributed by atoms with van der Waals surface area (Å²) >= 11 is 0. The molecule has 6 nitrogen and oxygen atoms in total. The Labute approximate surface area is 144 Å². The summed E-state index contributed by atoms with van der Waals surface area (Å²) in [6.45, 7) is 0. The molecular formula is C16H10F4N4O2. The Bertz CT molecular complexity index is 899. The highest BCUT2D eigenvalue weighted by Gasteiger charge is 2.65. The molecule has 2 heterocycles. The maximum absolute atomic E-state index is 13.8. The molecule has 2 amide bonds. The molecule has 0 radical (unpaired) electrons. The van der Waals surface area contributed by atoms with Crippen LogP contribution in [0.25, 0.3) is 0 Å². The molecule has 1 aromatic carbocycles. The highest BCUT2D eigenvalue weighted by molar-refractivity contribution is 6.16. The first kappa shape index (κ1) is 17.5. The Morgan fingerprint density at radius 2 is 1.77 bits per heavy atom. The summed E-state index contributed by atoms with van der Waals surface area (Å²) < 4.78 is 54.8. The third-order valence-corrected chi connectivity index (χ3v) is 3.62. The number of carbonyl (C=O) groups is 2. The first-order valence-corrected chi connectivity index (χ1v) is 7.20. The minimum Gasteiger partial charge on any atom is -0.312 e. The van der Waals surface area contributed by atoms with Crippen molar-refractivity contribution in [1.29, 1.82) is 0 Å². The zero-order valence-electron chi connectivity index (χ0n) is 12.8. The second kappa shape index (κ2) is 6.21. The van der Waals surface area contributed by atoms with Gasteiger partial charge in [0.05, 0.1) is 5.56 Å². The number of carbonyl (C=O) groups excluding carboxylic acids is 2. The fraction of sp³-hybridized carbons (Fsp3) is 0.125. The highest BCUT2D eigenvalue weighted by atomic mass is 19.4. The molecule has 1 aliphatic heterocycles. The van der Waals surface area contributed by atoms with Crippen molar-refractivity contribution in [3.8, 4) is 0 Å². The molecule has 2 N–H and O–H groups in total. The van der Waals surface area contributed by atoms with Gasteiger partial charge in [-0.05, 0) is 24.3 Å². The van der Waals surface area contributed by atoms with E-state index in [1.165, 1.54) is 36.7 Å². The van der Waals surface area contributed by atoms with Crippen molar-refractivity contribution in [3.05, 3.63) is 65.7 Å². The van der Waals surface area contributed by atoms with Gasteiger partial charge in [-0.1, -0.05) is 12.1 Å². The van der Waals surface area contributed by atoms with Crippen LogP contribution in [0.4, 0.5) is 17.6 Å². The molecule has 10 heteroatoms. The molecule has 0 saturated heterocycles. The molecule has 0 saturated carbocycles. The molecule has 0 spiro atoms. The zero-order chi connectivity index (χ0) is 18.9. The first-order chi connectivity index (χ1) is 12.2. The number of pyridine rings is 1. The van der Waals surface area contributed by atoms with Gasteiger partial charge in [-0.3, -0.25) is 14.6 Å². The third kappa shape index (κ3) is 2.89. The number of aromatic nitrogens is 1. The van der Waals surface area contributed by atoms with Crippen LogP contribution in [0.5, 0.6) is 0 Å². The molecular weight excluding hydrogens is 356 g/mol. The number of nitrogens with zero attached hydrogens (tertiary/aromatic N) is 2. The van der Waals surface area contributed by atoms with Crippen LogP contribution >= 0.6 is 0 Å². The van der Waals surface area contributed by atoms with E-state index in [1.807, 2.05) is 5.32 Å². The molecule has 3 rings (SSSR count). The summed E-state index contributed by atoms with van der Waals surface area (Å²) in [5.41, 5.74) is -4.04. The Morgan fingerprint density at radius 1 is 1.12 bits per heavy atom. The monoisotopic (exact) mass is 366 g/mol. The van der Waals surface area contributed by atoms with Crippen LogP contribution in [0.15, 0.2) is 53.8 Å². The standard InChI is InChI=1S/C16H10F4N4O2/c17-11-4-2-1-3-10(11)12-22-14(26)15(23-12,16(18,19)20)24-13(25)9-5-7-21-8-6-9/h1-8H,(H,24,25)(H,22,23,26). The minimum atomic E-state index is -5.26. The van der Waals surface area contributed by atoms with E-state index in [1.54, 1.807) is 5.32 Å². The Morgan fingerprint density at radius 3 is 2.38 bits per heavy atom. The maximum Gasteiger partial charge on any atom is 0.442 e. The Balaban J connectivity index is 2.04. The van der Waals surface area contributed by atoms with E-state index in [2.05, 4.69) is 9.98 Å². The molecule has 1 atom stereocenters.